The number of rotatable bonds is 4. The Bertz CT molecular complexity index is 1190. The van der Waals surface area contributed by atoms with Crippen molar-refractivity contribution in [1.29, 1.82) is 0 Å². The molecule has 10 heteroatoms. The lowest BCUT2D eigenvalue weighted by Crippen LogP contribution is -2.48. The molecule has 1 N–H and O–H groups in total. The molecule has 2 aromatic heterocycles. The Hall–Kier alpha value is -2.72. The first kappa shape index (κ1) is 19.3. The summed E-state index contributed by atoms with van der Waals surface area (Å²) >= 11 is 0. The summed E-state index contributed by atoms with van der Waals surface area (Å²) in [5, 5.41) is 5.05. The summed E-state index contributed by atoms with van der Waals surface area (Å²) in [6.45, 7) is 2.05. The molecule has 1 aromatic carbocycles. The predicted octanol–water partition coefficient (Wildman–Crippen LogP) is 1.93. The number of fused-ring (bicyclic) bond motifs is 1. The standard InChI is InChI=1S/C20H23N5O4S/c1-30(27,28)25-9-6-13(7-10-25)18-22-19(29-23-18)14-11-24(12-14)20(26)16-3-2-4-17-15(16)5-8-21-17/h2-5,8,13-14,21H,6-7,9-12H2,1H3. The highest BCUT2D eigenvalue weighted by Gasteiger charge is 2.37. The van der Waals surface area contributed by atoms with Crippen molar-refractivity contribution in [3.63, 3.8) is 0 Å². The summed E-state index contributed by atoms with van der Waals surface area (Å²) in [6.07, 6.45) is 4.44. The Morgan fingerprint density at radius 3 is 2.67 bits per heavy atom. The maximum Gasteiger partial charge on any atom is 0.254 e. The smallest absolute Gasteiger partial charge is 0.254 e. The number of hydrogen-bond donors (Lipinski definition) is 1. The van der Waals surface area contributed by atoms with Gasteiger partial charge in [-0.25, -0.2) is 12.7 Å². The molecule has 0 spiro atoms. The summed E-state index contributed by atoms with van der Waals surface area (Å²) in [7, 11) is -3.15. The third kappa shape index (κ3) is 3.39. The van der Waals surface area contributed by atoms with Gasteiger partial charge in [-0.15, -0.1) is 0 Å². The van der Waals surface area contributed by atoms with E-state index in [2.05, 4.69) is 15.1 Å². The third-order valence-electron chi connectivity index (χ3n) is 6.09. The van der Waals surface area contributed by atoms with Crippen molar-refractivity contribution < 1.29 is 17.7 Å². The zero-order valence-corrected chi connectivity index (χ0v) is 17.4. The quantitative estimate of drug-likeness (QED) is 0.678. The average molecular weight is 430 g/mol. The SMILES string of the molecule is CS(=O)(=O)N1CCC(c2noc(C3CN(C(=O)c4cccc5[nH]ccc45)C3)n2)CC1. The molecular weight excluding hydrogens is 406 g/mol. The van der Waals surface area contributed by atoms with E-state index in [1.807, 2.05) is 30.5 Å². The lowest BCUT2D eigenvalue weighted by molar-refractivity contribution is 0.0571. The van der Waals surface area contributed by atoms with Gasteiger partial charge in [-0.1, -0.05) is 11.2 Å². The van der Waals surface area contributed by atoms with Crippen molar-refractivity contribution >= 4 is 26.8 Å². The Kier molecular flexibility index (Phi) is 4.62. The minimum Gasteiger partial charge on any atom is -0.361 e. The van der Waals surface area contributed by atoms with Gasteiger partial charge in [-0.05, 0) is 31.0 Å². The van der Waals surface area contributed by atoms with Gasteiger partial charge in [0.2, 0.25) is 15.9 Å². The summed E-state index contributed by atoms with van der Waals surface area (Å²) in [5.74, 6) is 1.34. The minimum absolute atomic E-state index is 0.00401. The van der Waals surface area contributed by atoms with E-state index < -0.39 is 10.0 Å². The maximum absolute atomic E-state index is 12.9. The number of aromatic amines is 1. The molecule has 0 radical (unpaired) electrons. The van der Waals surface area contributed by atoms with Crippen LogP contribution in [0.3, 0.4) is 0 Å². The second-order valence-electron chi connectivity index (χ2n) is 8.08. The van der Waals surface area contributed by atoms with Crippen LogP contribution < -0.4 is 0 Å². The highest BCUT2D eigenvalue weighted by molar-refractivity contribution is 7.88. The molecule has 4 heterocycles. The number of piperidine rings is 1. The van der Waals surface area contributed by atoms with Crippen molar-refractivity contribution in [3.05, 3.63) is 47.7 Å². The van der Waals surface area contributed by atoms with Crippen LogP contribution in [0, 0.1) is 0 Å². The van der Waals surface area contributed by atoms with E-state index in [1.54, 1.807) is 4.90 Å². The summed E-state index contributed by atoms with van der Waals surface area (Å²) < 4.78 is 30.3. The van der Waals surface area contributed by atoms with Crippen LogP contribution in [-0.2, 0) is 10.0 Å². The lowest BCUT2D eigenvalue weighted by atomic mass is 9.96. The molecule has 0 saturated carbocycles. The van der Waals surface area contributed by atoms with Crippen molar-refractivity contribution in [2.45, 2.75) is 24.7 Å². The van der Waals surface area contributed by atoms with Crippen molar-refractivity contribution in [1.82, 2.24) is 24.3 Å². The monoisotopic (exact) mass is 429 g/mol. The van der Waals surface area contributed by atoms with E-state index in [0.29, 0.717) is 56.3 Å². The van der Waals surface area contributed by atoms with Crippen LogP contribution in [0.2, 0.25) is 0 Å². The first-order valence-electron chi connectivity index (χ1n) is 10.0. The first-order chi connectivity index (χ1) is 14.4. The van der Waals surface area contributed by atoms with Gasteiger partial charge in [-0.2, -0.15) is 4.98 Å². The van der Waals surface area contributed by atoms with E-state index >= 15 is 0 Å². The lowest BCUT2D eigenvalue weighted by Gasteiger charge is -2.37. The topological polar surface area (TPSA) is 112 Å². The van der Waals surface area contributed by atoms with Crippen LogP contribution in [0.15, 0.2) is 35.0 Å². The maximum atomic E-state index is 12.9. The number of likely N-dealkylation sites (tertiary alicyclic amines) is 1. The van der Waals surface area contributed by atoms with Crippen LogP contribution in [-0.4, -0.2) is 71.1 Å². The minimum atomic E-state index is -3.15. The molecule has 0 aliphatic carbocycles. The summed E-state index contributed by atoms with van der Waals surface area (Å²) in [6, 6.07) is 7.59. The van der Waals surface area contributed by atoms with E-state index in [1.165, 1.54) is 10.6 Å². The van der Waals surface area contributed by atoms with Crippen LogP contribution >= 0.6 is 0 Å². The molecule has 9 nitrogen and oxygen atoms in total. The fourth-order valence-corrected chi connectivity index (χ4v) is 5.14. The summed E-state index contributed by atoms with van der Waals surface area (Å²) in [5.41, 5.74) is 1.64. The van der Waals surface area contributed by atoms with Gasteiger partial charge in [-0.3, -0.25) is 4.79 Å². The highest BCUT2D eigenvalue weighted by Crippen LogP contribution is 2.32. The second kappa shape index (κ2) is 7.21. The van der Waals surface area contributed by atoms with Gasteiger partial charge in [0.15, 0.2) is 5.82 Å². The van der Waals surface area contributed by atoms with E-state index in [4.69, 9.17) is 4.52 Å². The van der Waals surface area contributed by atoms with Gasteiger partial charge < -0.3 is 14.4 Å². The number of benzene rings is 1. The molecule has 0 atom stereocenters. The van der Waals surface area contributed by atoms with E-state index in [0.717, 1.165) is 10.9 Å². The zero-order chi connectivity index (χ0) is 20.9. The Labute approximate surface area is 174 Å². The first-order valence-corrected chi connectivity index (χ1v) is 11.9. The van der Waals surface area contributed by atoms with Crippen molar-refractivity contribution in [2.75, 3.05) is 32.4 Å². The molecule has 0 bridgehead atoms. The number of hydrogen-bond acceptors (Lipinski definition) is 6. The van der Waals surface area contributed by atoms with Gasteiger partial charge in [0.1, 0.15) is 0 Å². The number of carbonyl (C=O) groups is 1. The van der Waals surface area contributed by atoms with Crippen LogP contribution in [0.4, 0.5) is 0 Å². The molecule has 30 heavy (non-hydrogen) atoms. The fourth-order valence-electron chi connectivity index (χ4n) is 4.27. The van der Waals surface area contributed by atoms with Gasteiger partial charge in [0.25, 0.3) is 5.91 Å². The molecular formula is C20H23N5O4S. The number of amides is 1. The number of nitrogens with one attached hydrogen (secondary N) is 1. The molecule has 2 saturated heterocycles. The van der Waals surface area contributed by atoms with E-state index in [9.17, 15) is 13.2 Å². The van der Waals surface area contributed by atoms with E-state index in [-0.39, 0.29) is 17.7 Å². The zero-order valence-electron chi connectivity index (χ0n) is 16.6. The second-order valence-corrected chi connectivity index (χ2v) is 10.1. The number of carbonyl (C=O) groups excluding carboxylic acids is 1. The average Bonchev–Trinajstić information content (AvgIpc) is 3.35. The third-order valence-corrected chi connectivity index (χ3v) is 7.39. The number of aromatic nitrogens is 3. The van der Waals surface area contributed by atoms with Crippen molar-refractivity contribution in [2.24, 2.45) is 0 Å². The predicted molar refractivity (Wildman–Crippen MR) is 110 cm³/mol. The van der Waals surface area contributed by atoms with Gasteiger partial charge in [0, 0.05) is 54.8 Å². The molecule has 3 aromatic rings. The fraction of sp³-hybridized carbons (Fsp3) is 0.450. The van der Waals surface area contributed by atoms with Crippen molar-refractivity contribution in [3.8, 4) is 0 Å². The van der Waals surface area contributed by atoms with Crippen LogP contribution in [0.5, 0.6) is 0 Å². The molecule has 1 amide bonds. The Morgan fingerprint density at radius 1 is 1.17 bits per heavy atom. The number of sulfonamides is 1. The molecule has 2 aliphatic rings. The van der Waals surface area contributed by atoms with Gasteiger partial charge >= 0.3 is 0 Å². The highest BCUT2D eigenvalue weighted by atomic mass is 32.2. The largest absolute Gasteiger partial charge is 0.361 e. The van der Waals surface area contributed by atoms with Gasteiger partial charge in [0.05, 0.1) is 12.2 Å². The Morgan fingerprint density at radius 2 is 1.93 bits per heavy atom. The van der Waals surface area contributed by atoms with Crippen LogP contribution in [0.1, 0.15) is 46.8 Å². The Balaban J connectivity index is 1.21. The molecule has 2 fully saturated rings. The van der Waals surface area contributed by atoms with Crippen LogP contribution in [0.25, 0.3) is 10.9 Å². The molecule has 0 unspecified atom stereocenters. The normalized spacial score (nSPS) is 19.3. The molecule has 2 aliphatic heterocycles. The number of H-pyrrole nitrogens is 1. The molecule has 5 rings (SSSR count). The molecule has 158 valence electrons. The number of nitrogens with zero attached hydrogens (tertiary/aromatic N) is 4. The summed E-state index contributed by atoms with van der Waals surface area (Å²) in [4.78, 5) is 22.4.